The molecule has 1 saturated carbocycles. The molecule has 2 amide bonds. The predicted octanol–water partition coefficient (Wildman–Crippen LogP) is 4.89. The van der Waals surface area contributed by atoms with Gasteiger partial charge in [-0.3, -0.25) is 13.9 Å². The van der Waals surface area contributed by atoms with Crippen molar-refractivity contribution in [1.29, 1.82) is 0 Å². The Bertz CT molecular complexity index is 1170. The van der Waals surface area contributed by atoms with E-state index in [1.54, 1.807) is 31.2 Å². The lowest BCUT2D eigenvalue weighted by atomic mass is 10.1. The normalized spacial score (nSPS) is 15.0. The molecule has 3 rings (SSSR count). The first kappa shape index (κ1) is 27.6. The summed E-state index contributed by atoms with van der Waals surface area (Å²) in [5, 5.41) is 3.91. The molecule has 0 aromatic heterocycles. The average Bonchev–Trinajstić information content (AvgIpc) is 3.27. The number of benzene rings is 2. The summed E-state index contributed by atoms with van der Waals surface area (Å²) in [6, 6.07) is 10.5. The van der Waals surface area contributed by atoms with Crippen molar-refractivity contribution in [3.63, 3.8) is 0 Å². The van der Waals surface area contributed by atoms with E-state index in [4.69, 9.17) is 34.8 Å². The summed E-state index contributed by atoms with van der Waals surface area (Å²) in [5.74, 6) is -0.866. The fraction of sp³-hybridized carbons (Fsp3) is 0.417. The highest BCUT2D eigenvalue weighted by Gasteiger charge is 2.31. The van der Waals surface area contributed by atoms with Crippen molar-refractivity contribution in [1.82, 2.24) is 10.2 Å². The Morgan fingerprint density at radius 3 is 2.23 bits per heavy atom. The number of hydrogen-bond acceptors (Lipinski definition) is 4. The maximum absolute atomic E-state index is 13.6. The van der Waals surface area contributed by atoms with Crippen molar-refractivity contribution in [2.45, 2.75) is 51.2 Å². The van der Waals surface area contributed by atoms with Crippen molar-refractivity contribution < 1.29 is 18.0 Å². The van der Waals surface area contributed by atoms with Crippen LogP contribution in [0.15, 0.2) is 42.5 Å². The molecule has 0 spiro atoms. The molecule has 0 radical (unpaired) electrons. The van der Waals surface area contributed by atoms with E-state index >= 15 is 0 Å². The van der Waals surface area contributed by atoms with E-state index in [1.807, 2.05) is 0 Å². The molecular weight excluding hydrogens is 533 g/mol. The van der Waals surface area contributed by atoms with E-state index in [-0.39, 0.29) is 34.2 Å². The minimum atomic E-state index is -3.88. The fourth-order valence-electron chi connectivity index (χ4n) is 4.08. The van der Waals surface area contributed by atoms with Crippen LogP contribution in [0.25, 0.3) is 0 Å². The largest absolute Gasteiger partial charge is 0.352 e. The predicted molar refractivity (Wildman–Crippen MR) is 141 cm³/mol. The van der Waals surface area contributed by atoms with Crippen LogP contribution in [0.4, 0.5) is 5.69 Å². The number of nitrogens with one attached hydrogen (secondary N) is 1. The van der Waals surface area contributed by atoms with Crippen LogP contribution in [0.5, 0.6) is 0 Å². The number of carbonyl (C=O) groups excluding carboxylic acids is 2. The fourth-order valence-corrected chi connectivity index (χ4v) is 5.62. The molecule has 1 aliphatic carbocycles. The summed E-state index contributed by atoms with van der Waals surface area (Å²) in [4.78, 5) is 28.0. The summed E-state index contributed by atoms with van der Waals surface area (Å²) in [6.45, 7) is 1.12. The van der Waals surface area contributed by atoms with Crippen LogP contribution in [0, 0.1) is 0 Å². The molecule has 7 nitrogen and oxygen atoms in total. The molecule has 35 heavy (non-hydrogen) atoms. The van der Waals surface area contributed by atoms with E-state index < -0.39 is 28.5 Å². The van der Waals surface area contributed by atoms with E-state index in [0.717, 1.165) is 36.2 Å². The van der Waals surface area contributed by atoms with Crippen molar-refractivity contribution >= 4 is 62.3 Å². The van der Waals surface area contributed by atoms with Crippen LogP contribution in [0.2, 0.25) is 15.1 Å². The van der Waals surface area contributed by atoms with Gasteiger partial charge in [0.1, 0.15) is 12.6 Å². The maximum atomic E-state index is 13.6. The zero-order valence-electron chi connectivity index (χ0n) is 19.5. The third-order valence-electron chi connectivity index (χ3n) is 5.98. The Balaban J connectivity index is 1.91. The molecule has 0 heterocycles. The molecule has 1 N–H and O–H groups in total. The Labute approximate surface area is 221 Å². The first-order valence-corrected chi connectivity index (χ1v) is 14.2. The van der Waals surface area contributed by atoms with E-state index in [1.165, 1.54) is 23.1 Å². The van der Waals surface area contributed by atoms with Crippen molar-refractivity contribution in [2.24, 2.45) is 0 Å². The topological polar surface area (TPSA) is 86.8 Å². The van der Waals surface area contributed by atoms with Gasteiger partial charge in [-0.1, -0.05) is 65.8 Å². The van der Waals surface area contributed by atoms with Gasteiger partial charge < -0.3 is 10.2 Å². The van der Waals surface area contributed by atoms with Crippen LogP contribution < -0.4 is 9.62 Å². The number of anilines is 1. The summed E-state index contributed by atoms with van der Waals surface area (Å²) in [7, 11) is -3.88. The molecule has 0 saturated heterocycles. The molecule has 11 heteroatoms. The van der Waals surface area contributed by atoms with Gasteiger partial charge in [0, 0.05) is 27.7 Å². The third kappa shape index (κ3) is 7.49. The lowest BCUT2D eigenvalue weighted by Gasteiger charge is -2.32. The van der Waals surface area contributed by atoms with Crippen LogP contribution in [-0.4, -0.2) is 50.0 Å². The van der Waals surface area contributed by atoms with Crippen LogP contribution >= 0.6 is 34.8 Å². The third-order valence-corrected chi connectivity index (χ3v) is 7.93. The number of halogens is 3. The number of sulfonamides is 1. The molecule has 2 aromatic carbocycles. The van der Waals surface area contributed by atoms with Crippen LogP contribution in [0.1, 0.15) is 38.2 Å². The van der Waals surface area contributed by atoms with Gasteiger partial charge in [0.2, 0.25) is 21.8 Å². The van der Waals surface area contributed by atoms with Gasteiger partial charge in [0.25, 0.3) is 0 Å². The molecule has 1 aliphatic rings. The Morgan fingerprint density at radius 1 is 1.06 bits per heavy atom. The average molecular weight is 561 g/mol. The second kappa shape index (κ2) is 11.8. The van der Waals surface area contributed by atoms with Crippen molar-refractivity contribution in [2.75, 3.05) is 17.1 Å². The molecule has 0 unspecified atom stereocenters. The first-order chi connectivity index (χ1) is 16.5. The zero-order valence-corrected chi connectivity index (χ0v) is 22.6. The second-order valence-corrected chi connectivity index (χ2v) is 11.9. The van der Waals surface area contributed by atoms with Gasteiger partial charge in [-0.15, -0.1) is 0 Å². The Hall–Kier alpha value is -2.00. The van der Waals surface area contributed by atoms with E-state index in [9.17, 15) is 18.0 Å². The zero-order chi connectivity index (χ0) is 25.8. The number of nitrogens with zero attached hydrogens (tertiary/aromatic N) is 2. The molecule has 0 bridgehead atoms. The molecule has 2 aromatic rings. The smallest absolute Gasteiger partial charge is 0.244 e. The van der Waals surface area contributed by atoms with Gasteiger partial charge >= 0.3 is 0 Å². The van der Waals surface area contributed by atoms with Gasteiger partial charge in [-0.2, -0.15) is 0 Å². The summed E-state index contributed by atoms with van der Waals surface area (Å²) >= 11 is 18.5. The number of amides is 2. The number of carbonyl (C=O) groups is 2. The highest BCUT2D eigenvalue weighted by atomic mass is 35.5. The van der Waals surface area contributed by atoms with Crippen molar-refractivity contribution in [3.8, 4) is 0 Å². The SMILES string of the molecule is C[C@H](C(=O)NC1CCCC1)N(Cc1ccccc1Cl)C(=O)CN(c1cc(Cl)cc(Cl)c1)S(C)(=O)=O. The second-order valence-electron chi connectivity index (χ2n) is 8.68. The monoisotopic (exact) mass is 559 g/mol. The Morgan fingerprint density at radius 2 is 1.66 bits per heavy atom. The molecular formula is C24H28Cl3N3O4S. The Kier molecular flexibility index (Phi) is 9.32. The summed E-state index contributed by atoms with van der Waals surface area (Å²) < 4.78 is 26.2. The van der Waals surface area contributed by atoms with Gasteiger partial charge in [0.05, 0.1) is 11.9 Å². The standard InChI is InChI=1S/C24H28Cl3N3O4S/c1-16(24(32)28-20-8-4-5-9-20)29(14-17-7-3-6-10-22(17)27)23(31)15-30(35(2,33)34)21-12-18(25)11-19(26)13-21/h3,6-7,10-13,16,20H,4-5,8-9,14-15H2,1-2H3,(H,28,32)/t16-/m1/s1. The van der Waals surface area contributed by atoms with Crippen LogP contribution in [-0.2, 0) is 26.2 Å². The number of hydrogen-bond donors (Lipinski definition) is 1. The minimum absolute atomic E-state index is 0.0334. The molecule has 190 valence electrons. The molecule has 1 atom stereocenters. The van der Waals surface area contributed by atoms with Gasteiger partial charge in [-0.05, 0) is 49.6 Å². The number of rotatable bonds is 9. The van der Waals surface area contributed by atoms with Crippen LogP contribution in [0.3, 0.4) is 0 Å². The quantitative estimate of drug-likeness (QED) is 0.473. The molecule has 1 fully saturated rings. The van der Waals surface area contributed by atoms with Gasteiger partial charge in [0.15, 0.2) is 0 Å². The highest BCUT2D eigenvalue weighted by molar-refractivity contribution is 7.92. The van der Waals surface area contributed by atoms with E-state index in [2.05, 4.69) is 5.32 Å². The summed E-state index contributed by atoms with van der Waals surface area (Å²) in [5.41, 5.74) is 0.791. The maximum Gasteiger partial charge on any atom is 0.244 e. The summed E-state index contributed by atoms with van der Waals surface area (Å²) in [6.07, 6.45) is 4.88. The molecule has 0 aliphatic heterocycles. The highest BCUT2D eigenvalue weighted by Crippen LogP contribution is 2.28. The minimum Gasteiger partial charge on any atom is -0.352 e. The van der Waals surface area contributed by atoms with E-state index in [0.29, 0.717) is 10.6 Å². The van der Waals surface area contributed by atoms with Gasteiger partial charge in [-0.25, -0.2) is 8.42 Å². The van der Waals surface area contributed by atoms with Crippen molar-refractivity contribution in [3.05, 3.63) is 63.1 Å². The lowest BCUT2D eigenvalue weighted by Crippen LogP contribution is -2.52. The lowest BCUT2D eigenvalue weighted by molar-refractivity contribution is -0.139. The first-order valence-electron chi connectivity index (χ1n) is 11.2.